The molecule has 3 saturated heterocycles. The summed E-state index contributed by atoms with van der Waals surface area (Å²) in [6.45, 7) is 8.70. The molecule has 0 aromatic heterocycles. The molecular weight excluding hydrogens is 799 g/mol. The molecule has 0 unspecified atom stereocenters. The summed E-state index contributed by atoms with van der Waals surface area (Å²) in [7, 11) is -0.500. The quantitative estimate of drug-likeness (QED) is 0.145. The number of hydrogen-bond donors (Lipinski definition) is 1. The van der Waals surface area contributed by atoms with Crippen LogP contribution >= 0.6 is 7.14 Å². The van der Waals surface area contributed by atoms with E-state index in [1.54, 1.807) is 46.5 Å². The van der Waals surface area contributed by atoms with Gasteiger partial charge in [-0.2, -0.15) is 0 Å². The van der Waals surface area contributed by atoms with Crippen molar-refractivity contribution in [1.82, 2.24) is 20.2 Å². The number of carbonyl (C=O) groups excluding carboxylic acids is 6. The first-order chi connectivity index (χ1) is 28.7. The van der Waals surface area contributed by atoms with E-state index < -0.39 is 37.3 Å². The summed E-state index contributed by atoms with van der Waals surface area (Å²) in [5.74, 6) is -2.20. The van der Waals surface area contributed by atoms with Gasteiger partial charge in [0, 0.05) is 69.2 Å². The van der Waals surface area contributed by atoms with E-state index in [9.17, 15) is 33.3 Å². The number of imide groups is 1. The highest BCUT2D eigenvalue weighted by molar-refractivity contribution is 7.63. The molecule has 316 valence electrons. The predicted octanol–water partition coefficient (Wildman–Crippen LogP) is 3.96. The van der Waals surface area contributed by atoms with Crippen molar-refractivity contribution in [3.05, 3.63) is 59.7 Å². The largest absolute Gasteiger partial charge is 0.493 e. The zero-order chi connectivity index (χ0) is 42.7. The molecule has 0 aliphatic carbocycles. The minimum absolute atomic E-state index is 0.0408. The molecule has 1 N–H and O–H groups in total. The normalized spacial score (nSPS) is 19.4. The molecule has 0 bridgehead atoms. The van der Waals surface area contributed by atoms with Crippen molar-refractivity contribution in [1.29, 1.82) is 0 Å². The van der Waals surface area contributed by atoms with Crippen LogP contribution in [0.2, 0.25) is 0 Å². The van der Waals surface area contributed by atoms with Crippen LogP contribution in [0.4, 0.5) is 11.4 Å². The minimum atomic E-state index is -3.37. The number of benzene rings is 2. The molecular formula is C41H45N6O12P. The molecule has 7 rings (SSSR count). The number of aliphatic imine (C=N–C) groups is 2. The van der Waals surface area contributed by atoms with Crippen LogP contribution in [0.5, 0.6) is 23.0 Å². The highest BCUT2D eigenvalue weighted by atomic mass is 31.2. The van der Waals surface area contributed by atoms with Gasteiger partial charge in [-0.15, -0.1) is 5.06 Å². The third-order valence-corrected chi connectivity index (χ3v) is 13.5. The van der Waals surface area contributed by atoms with E-state index in [2.05, 4.69) is 28.5 Å². The Morgan fingerprint density at radius 3 is 1.70 bits per heavy atom. The van der Waals surface area contributed by atoms with Gasteiger partial charge in [-0.05, 0) is 25.0 Å². The average molecular weight is 845 g/mol. The second kappa shape index (κ2) is 17.5. The standard InChI is InChI=1S/C41H45N6O12P/c1-24-13-26-19-42-30-17-34(32(55-3)15-28(30)40(52)45(26)21-24)57-9-11-60(54,23-44-36(48)5-8-39(51)59-47-37(49)6-7-38(47)50)12-10-58-35-18-31-29(16-33(35)56-4)41(53)46-22-25(2)14-27(46)20-43-31/h15-20,26-27H,1-2,5-14,21-23H2,3-4H3,(H,44,48)/t26-,27-/m0/s1. The van der Waals surface area contributed by atoms with Crippen molar-refractivity contribution >= 4 is 66.5 Å². The van der Waals surface area contributed by atoms with Gasteiger partial charge in [-0.25, -0.2) is 4.79 Å². The number of methoxy groups -OCH3 is 2. The highest BCUT2D eigenvalue weighted by Gasteiger charge is 2.37. The second-order valence-corrected chi connectivity index (χ2v) is 18.3. The van der Waals surface area contributed by atoms with Gasteiger partial charge in [0.15, 0.2) is 23.0 Å². The van der Waals surface area contributed by atoms with Gasteiger partial charge in [0.25, 0.3) is 23.6 Å². The number of nitrogens with one attached hydrogen (secondary N) is 1. The molecule has 5 aliphatic rings. The number of rotatable bonds is 16. The fourth-order valence-corrected chi connectivity index (χ4v) is 9.32. The van der Waals surface area contributed by atoms with Gasteiger partial charge in [-0.1, -0.05) is 24.3 Å². The van der Waals surface area contributed by atoms with Crippen LogP contribution in [0, 0.1) is 0 Å². The molecule has 0 saturated carbocycles. The van der Waals surface area contributed by atoms with E-state index in [1.165, 1.54) is 14.2 Å². The third kappa shape index (κ3) is 8.98. The molecule has 0 spiro atoms. The maximum atomic E-state index is 14.6. The lowest BCUT2D eigenvalue weighted by molar-refractivity contribution is -0.197. The van der Waals surface area contributed by atoms with Crippen LogP contribution in [-0.2, 0) is 28.6 Å². The van der Waals surface area contributed by atoms with E-state index in [4.69, 9.17) is 23.8 Å². The molecule has 60 heavy (non-hydrogen) atoms. The van der Waals surface area contributed by atoms with Crippen molar-refractivity contribution in [3.8, 4) is 23.0 Å². The van der Waals surface area contributed by atoms with Crippen LogP contribution < -0.4 is 24.3 Å². The maximum absolute atomic E-state index is 14.6. The lowest BCUT2D eigenvalue weighted by Crippen LogP contribution is -2.35. The van der Waals surface area contributed by atoms with Crippen LogP contribution in [-0.4, -0.2) is 134 Å². The zero-order valence-corrected chi connectivity index (χ0v) is 34.2. The summed E-state index contributed by atoms with van der Waals surface area (Å²) in [6.07, 6.45) is 3.35. The summed E-state index contributed by atoms with van der Waals surface area (Å²) in [6, 6.07) is 5.90. The van der Waals surface area contributed by atoms with Crippen LogP contribution in [0.3, 0.4) is 0 Å². The molecule has 5 heterocycles. The highest BCUT2D eigenvalue weighted by Crippen LogP contribution is 2.46. The van der Waals surface area contributed by atoms with E-state index in [0.717, 1.165) is 11.1 Å². The Morgan fingerprint density at radius 2 is 1.23 bits per heavy atom. The molecule has 2 aromatic carbocycles. The summed E-state index contributed by atoms with van der Waals surface area (Å²) in [4.78, 5) is 93.1. The fourth-order valence-electron chi connectivity index (χ4n) is 7.47. The van der Waals surface area contributed by atoms with Gasteiger partial charge in [-0.3, -0.25) is 34.0 Å². The summed E-state index contributed by atoms with van der Waals surface area (Å²) < 4.78 is 37.9. The van der Waals surface area contributed by atoms with Crippen molar-refractivity contribution < 1.29 is 57.1 Å². The monoisotopic (exact) mass is 844 g/mol. The number of carbonyl (C=O) groups is 6. The Bertz CT molecular complexity index is 2150. The Balaban J connectivity index is 1.03. The van der Waals surface area contributed by atoms with Crippen molar-refractivity contribution in [2.75, 3.05) is 59.1 Å². The number of fused-ring (bicyclic) bond motifs is 4. The predicted molar refractivity (Wildman–Crippen MR) is 217 cm³/mol. The summed E-state index contributed by atoms with van der Waals surface area (Å²) >= 11 is 0. The Kier molecular flexibility index (Phi) is 12.2. The summed E-state index contributed by atoms with van der Waals surface area (Å²) in [5.41, 5.74) is 3.34. The van der Waals surface area contributed by atoms with Gasteiger partial charge in [0.1, 0.15) is 7.14 Å². The number of nitrogens with zero attached hydrogens (tertiary/aromatic N) is 5. The number of ether oxygens (including phenoxy) is 4. The topological polar surface area (TPSA) is 212 Å². The molecule has 19 heteroatoms. The molecule has 2 atom stereocenters. The zero-order valence-electron chi connectivity index (χ0n) is 33.3. The first-order valence-electron chi connectivity index (χ1n) is 19.4. The second-order valence-electron chi connectivity index (χ2n) is 15.0. The number of hydrogen-bond acceptors (Lipinski definition) is 14. The average Bonchev–Trinajstić information content (AvgIpc) is 3.86. The maximum Gasteiger partial charge on any atom is 0.333 e. The van der Waals surface area contributed by atoms with E-state index in [1.807, 2.05) is 0 Å². The minimum Gasteiger partial charge on any atom is -0.493 e. The van der Waals surface area contributed by atoms with E-state index >= 15 is 0 Å². The SMILES string of the molecule is C=C1C[C@H]2C=Nc3cc(OCCP(=O)(CCOc4cc5c(cc4OC)C(=O)N4CC(=C)C[C@H]4C=N5)CNC(=O)CCC(=O)ON4C(=O)CCC4=O)c(OC)cc3C(=O)N2C1. The van der Waals surface area contributed by atoms with Crippen LogP contribution in [0.25, 0.3) is 0 Å². The molecule has 5 aliphatic heterocycles. The van der Waals surface area contributed by atoms with Gasteiger partial charge >= 0.3 is 5.97 Å². The van der Waals surface area contributed by atoms with Gasteiger partial charge in [0.05, 0.1) is 74.7 Å². The van der Waals surface area contributed by atoms with Crippen molar-refractivity contribution in [2.45, 2.75) is 50.6 Å². The fraction of sp³-hybridized carbons (Fsp3) is 0.415. The first-order valence-corrected chi connectivity index (χ1v) is 21.7. The molecule has 18 nitrogen and oxygen atoms in total. The Labute approximate surface area is 345 Å². The van der Waals surface area contributed by atoms with E-state index in [0.29, 0.717) is 53.5 Å². The van der Waals surface area contributed by atoms with E-state index in [-0.39, 0.29) is 98.0 Å². The molecule has 3 fully saturated rings. The smallest absolute Gasteiger partial charge is 0.333 e. The first kappa shape index (κ1) is 41.9. The van der Waals surface area contributed by atoms with Crippen molar-refractivity contribution in [3.63, 3.8) is 0 Å². The van der Waals surface area contributed by atoms with Gasteiger partial charge in [0.2, 0.25) is 5.91 Å². The third-order valence-electron chi connectivity index (χ3n) is 10.7. The number of hydroxylamine groups is 2. The molecule has 0 radical (unpaired) electrons. The molecule has 2 aromatic rings. The van der Waals surface area contributed by atoms with Crippen LogP contribution in [0.1, 0.15) is 59.2 Å². The Morgan fingerprint density at radius 1 is 0.750 bits per heavy atom. The number of amides is 5. The van der Waals surface area contributed by atoms with Crippen molar-refractivity contribution in [2.24, 2.45) is 9.98 Å². The molecule has 5 amide bonds. The lowest BCUT2D eigenvalue weighted by atomic mass is 10.1. The summed E-state index contributed by atoms with van der Waals surface area (Å²) in [5, 5.41) is 3.03. The van der Waals surface area contributed by atoms with Gasteiger partial charge < -0.3 is 43.5 Å². The lowest BCUT2D eigenvalue weighted by Gasteiger charge is -2.22. The Hall–Kier alpha value is -6.29. The van der Waals surface area contributed by atoms with Crippen LogP contribution in [0.15, 0.2) is 58.6 Å².